The van der Waals surface area contributed by atoms with Crippen molar-refractivity contribution in [2.24, 2.45) is 11.7 Å². The molecule has 1 aromatic rings. The summed E-state index contributed by atoms with van der Waals surface area (Å²) in [5.74, 6) is 0.754. The Morgan fingerprint density at radius 1 is 1.11 bits per heavy atom. The van der Waals surface area contributed by atoms with E-state index in [1.807, 2.05) is 17.0 Å². The van der Waals surface area contributed by atoms with Crippen molar-refractivity contribution >= 4 is 36.6 Å². The lowest BCUT2D eigenvalue weighted by atomic mass is 9.98. The second-order valence-corrected chi connectivity index (χ2v) is 7.29. The Hall–Kier alpha value is -1.57. The summed E-state index contributed by atoms with van der Waals surface area (Å²) in [6.07, 6.45) is 6.68. The fourth-order valence-corrected chi connectivity index (χ4v) is 3.74. The van der Waals surface area contributed by atoms with Crippen molar-refractivity contribution in [3.05, 3.63) is 24.5 Å². The average Bonchev–Trinajstić information content (AvgIpc) is 2.85. The summed E-state index contributed by atoms with van der Waals surface area (Å²) < 4.78 is 5.94. The van der Waals surface area contributed by atoms with Crippen molar-refractivity contribution in [2.45, 2.75) is 44.8 Å². The fraction of sp³-hybridized carbons (Fsp3) is 0.632. The zero-order chi connectivity index (χ0) is 18.5. The molecule has 9 heteroatoms. The van der Waals surface area contributed by atoms with Gasteiger partial charge in [0.15, 0.2) is 0 Å². The third kappa shape index (κ3) is 6.50. The molecule has 3 heterocycles. The van der Waals surface area contributed by atoms with E-state index in [1.165, 1.54) is 0 Å². The minimum Gasteiger partial charge on any atom is -0.489 e. The summed E-state index contributed by atoms with van der Waals surface area (Å²) in [6, 6.07) is 3.71. The number of carbonyl (C=O) groups is 2. The van der Waals surface area contributed by atoms with E-state index in [1.54, 1.807) is 24.2 Å². The molecule has 2 amide bonds. The monoisotopic (exact) mass is 432 g/mol. The number of nitrogens with two attached hydrogens (primary N) is 1. The second-order valence-electron chi connectivity index (χ2n) is 7.29. The van der Waals surface area contributed by atoms with Crippen molar-refractivity contribution in [2.75, 3.05) is 26.2 Å². The van der Waals surface area contributed by atoms with Crippen LogP contribution in [-0.2, 0) is 9.59 Å². The van der Waals surface area contributed by atoms with Gasteiger partial charge in [-0.3, -0.25) is 14.6 Å². The van der Waals surface area contributed by atoms with Gasteiger partial charge in [-0.1, -0.05) is 0 Å². The lowest BCUT2D eigenvalue weighted by molar-refractivity contribution is -0.139. The number of aromatic nitrogens is 1. The molecule has 0 spiro atoms. The predicted octanol–water partition coefficient (Wildman–Crippen LogP) is 1.88. The van der Waals surface area contributed by atoms with Crippen LogP contribution in [0.2, 0.25) is 0 Å². The smallest absolute Gasteiger partial charge is 0.227 e. The number of halogens is 2. The Labute approximate surface area is 178 Å². The highest BCUT2D eigenvalue weighted by atomic mass is 35.5. The zero-order valence-electron chi connectivity index (χ0n) is 16.2. The van der Waals surface area contributed by atoms with Gasteiger partial charge in [0.2, 0.25) is 11.8 Å². The molecule has 1 aromatic heterocycles. The van der Waals surface area contributed by atoms with Crippen LogP contribution in [0.15, 0.2) is 24.5 Å². The number of ether oxygens (including phenoxy) is 1. The molecule has 2 aliphatic heterocycles. The summed E-state index contributed by atoms with van der Waals surface area (Å²) in [6.45, 7) is 3.94. The van der Waals surface area contributed by atoms with Gasteiger partial charge < -0.3 is 20.3 Å². The molecular formula is C19H30Cl2N4O3. The minimum atomic E-state index is -0.150. The largest absolute Gasteiger partial charge is 0.489 e. The van der Waals surface area contributed by atoms with Crippen molar-refractivity contribution in [3.8, 4) is 5.75 Å². The Kier molecular flexibility index (Phi) is 9.99. The van der Waals surface area contributed by atoms with Crippen LogP contribution in [0.4, 0.5) is 0 Å². The number of likely N-dealkylation sites (tertiary alicyclic amines) is 2. The van der Waals surface area contributed by atoms with Gasteiger partial charge in [0.25, 0.3) is 0 Å². The first-order valence-corrected chi connectivity index (χ1v) is 9.39. The molecule has 0 aliphatic carbocycles. The molecule has 0 unspecified atom stereocenters. The minimum absolute atomic E-state index is 0. The van der Waals surface area contributed by atoms with Crippen LogP contribution in [-0.4, -0.2) is 64.9 Å². The van der Waals surface area contributed by atoms with Crippen molar-refractivity contribution in [3.63, 3.8) is 0 Å². The van der Waals surface area contributed by atoms with Gasteiger partial charge >= 0.3 is 0 Å². The summed E-state index contributed by atoms with van der Waals surface area (Å²) in [5, 5.41) is 0. The Morgan fingerprint density at radius 2 is 1.82 bits per heavy atom. The van der Waals surface area contributed by atoms with E-state index in [2.05, 4.69) is 4.98 Å². The van der Waals surface area contributed by atoms with Crippen LogP contribution >= 0.6 is 24.8 Å². The summed E-state index contributed by atoms with van der Waals surface area (Å²) >= 11 is 0. The number of carbonyl (C=O) groups excluding carboxylic acids is 2. The van der Waals surface area contributed by atoms with Crippen molar-refractivity contribution < 1.29 is 14.3 Å². The van der Waals surface area contributed by atoms with Gasteiger partial charge in [-0.25, -0.2) is 0 Å². The Balaban J connectivity index is 0.00000196. The molecule has 2 atom stereocenters. The molecule has 2 aliphatic rings. The number of pyridine rings is 1. The van der Waals surface area contributed by atoms with Crippen LogP contribution in [0.3, 0.4) is 0 Å². The van der Waals surface area contributed by atoms with E-state index in [4.69, 9.17) is 10.5 Å². The number of hydrogen-bond acceptors (Lipinski definition) is 5. The van der Waals surface area contributed by atoms with Crippen LogP contribution in [0.1, 0.15) is 32.6 Å². The summed E-state index contributed by atoms with van der Waals surface area (Å²) in [7, 11) is 0. The molecule has 0 bridgehead atoms. The van der Waals surface area contributed by atoms with E-state index in [0.29, 0.717) is 26.2 Å². The van der Waals surface area contributed by atoms with Crippen molar-refractivity contribution in [1.82, 2.24) is 14.8 Å². The highest BCUT2D eigenvalue weighted by Gasteiger charge is 2.33. The van der Waals surface area contributed by atoms with E-state index < -0.39 is 0 Å². The predicted molar refractivity (Wildman–Crippen MR) is 112 cm³/mol. The van der Waals surface area contributed by atoms with Crippen LogP contribution in [0, 0.1) is 5.92 Å². The molecule has 158 valence electrons. The Bertz CT molecular complexity index is 627. The lowest BCUT2D eigenvalue weighted by Gasteiger charge is -2.35. The van der Waals surface area contributed by atoms with E-state index in [-0.39, 0.29) is 54.7 Å². The van der Waals surface area contributed by atoms with Crippen LogP contribution < -0.4 is 10.5 Å². The highest BCUT2D eigenvalue weighted by molar-refractivity contribution is 5.85. The topological polar surface area (TPSA) is 88.8 Å². The first-order chi connectivity index (χ1) is 12.5. The molecular weight excluding hydrogens is 403 g/mol. The molecule has 3 rings (SSSR count). The van der Waals surface area contributed by atoms with E-state index in [0.717, 1.165) is 31.4 Å². The van der Waals surface area contributed by atoms with Gasteiger partial charge in [0.1, 0.15) is 11.9 Å². The number of nitrogens with zero attached hydrogens (tertiary/aromatic N) is 3. The zero-order valence-corrected chi connectivity index (χ0v) is 17.8. The van der Waals surface area contributed by atoms with Gasteiger partial charge in [0, 0.05) is 58.2 Å². The van der Waals surface area contributed by atoms with E-state index >= 15 is 0 Å². The fourth-order valence-electron chi connectivity index (χ4n) is 3.74. The number of rotatable bonds is 3. The first-order valence-electron chi connectivity index (χ1n) is 9.39. The normalized spacial score (nSPS) is 23.1. The molecule has 0 radical (unpaired) electrons. The number of amides is 2. The Morgan fingerprint density at radius 3 is 2.43 bits per heavy atom. The van der Waals surface area contributed by atoms with Gasteiger partial charge in [-0.05, 0) is 25.0 Å². The van der Waals surface area contributed by atoms with Gasteiger partial charge in [-0.2, -0.15) is 0 Å². The second kappa shape index (κ2) is 11.4. The third-order valence-electron chi connectivity index (χ3n) is 5.27. The van der Waals surface area contributed by atoms with Crippen LogP contribution in [0.5, 0.6) is 5.75 Å². The van der Waals surface area contributed by atoms with Gasteiger partial charge in [0.05, 0.1) is 12.1 Å². The SMILES string of the molecule is CC(=O)N1C[C@@H](N)CC[C@@H](C(=O)N2CCC(Oc3cccnc3)CC2)C1.Cl.Cl. The van der Waals surface area contributed by atoms with Crippen LogP contribution in [0.25, 0.3) is 0 Å². The summed E-state index contributed by atoms with van der Waals surface area (Å²) in [4.78, 5) is 32.4. The number of hydrogen-bond donors (Lipinski definition) is 1. The average molecular weight is 433 g/mol. The lowest BCUT2D eigenvalue weighted by Crippen LogP contribution is -2.47. The van der Waals surface area contributed by atoms with E-state index in [9.17, 15) is 9.59 Å². The molecule has 2 fully saturated rings. The van der Waals surface area contributed by atoms with Crippen molar-refractivity contribution in [1.29, 1.82) is 0 Å². The molecule has 2 saturated heterocycles. The van der Waals surface area contributed by atoms with Gasteiger partial charge in [-0.15, -0.1) is 24.8 Å². The molecule has 0 saturated carbocycles. The molecule has 0 aromatic carbocycles. The number of piperidine rings is 1. The quantitative estimate of drug-likeness (QED) is 0.787. The maximum absolute atomic E-state index is 12.9. The molecule has 28 heavy (non-hydrogen) atoms. The molecule has 7 nitrogen and oxygen atoms in total. The molecule has 2 N–H and O–H groups in total. The third-order valence-corrected chi connectivity index (χ3v) is 5.27. The standard InChI is InChI=1S/C19H28N4O3.2ClH/c1-14(24)23-12-15(4-5-16(20)13-23)19(25)22-9-6-17(7-10-22)26-18-3-2-8-21-11-18;;/h2-3,8,11,15-17H,4-7,9-10,12-13,20H2,1H3;2*1H/t15-,16+;;/m1../s1. The maximum Gasteiger partial charge on any atom is 0.227 e. The highest BCUT2D eigenvalue weighted by Crippen LogP contribution is 2.23. The maximum atomic E-state index is 12.9. The first kappa shape index (κ1) is 24.5. The summed E-state index contributed by atoms with van der Waals surface area (Å²) in [5.41, 5.74) is 6.05.